The average Bonchev–Trinajstić information content (AvgIpc) is 3.62. The van der Waals surface area contributed by atoms with Crippen LogP contribution in [0.4, 0.5) is 4.39 Å². The molecule has 0 aliphatic heterocycles. The molecule has 64 heavy (non-hydrogen) atoms. The van der Waals surface area contributed by atoms with Crippen molar-refractivity contribution < 1.29 is 108 Å². The number of Topliss-reactive ketones (excluding diaryl/α,β-unsaturated/α-hetero) is 2. The minimum absolute atomic E-state index is 0. The molecule has 348 valence electrons. The first-order valence-corrected chi connectivity index (χ1v) is 21.9. The molecule has 17 heteroatoms. The van der Waals surface area contributed by atoms with Crippen molar-refractivity contribution in [1.29, 1.82) is 0 Å². The van der Waals surface area contributed by atoms with Crippen LogP contribution in [-0.2, 0) is 33.5 Å². The molecule has 0 bridgehead atoms. The summed E-state index contributed by atoms with van der Waals surface area (Å²) in [5, 5.41) is 83.5. The van der Waals surface area contributed by atoms with E-state index >= 15 is 4.39 Å². The van der Waals surface area contributed by atoms with E-state index in [1.54, 1.807) is 26.0 Å². The second-order valence-electron chi connectivity index (χ2n) is 20.0. The van der Waals surface area contributed by atoms with Gasteiger partial charge >= 0.3 is 35.5 Å². The number of hydrogen-bond acceptors (Lipinski definition) is 15. The molecule has 0 heterocycles. The van der Waals surface area contributed by atoms with Gasteiger partial charge in [0.1, 0.15) is 18.8 Å². The standard InChI is InChI=1S/C21H27FO6.C21H28O5.C5H8O4.Na/c1-18-6-5-12(24)7-11(18)3-4-13-14-8-15(25)21(28,17(27)10-23)19(14,2)9-16(26)20(13,18)22;1-19-7-5-13(23)9-12(19)3-4-14-15-6-8-21(26,17(25)11-22)20(15,2)10-16(24)18(14)19;1-9-5(8)3-2-4(6)7;/h5-7,13-16,23,25-26,28H,3-4,8-10H2,1-2H3;5,7,9,14-16,18,22,24,26H,3-4,6,8,10-11H2,1-2H3;2-3H2,1H3,(H,6,7);/q;;;+1/p-1/t13-,14-,15+,16-,18-,19-,20-,21-;14-,15-,16-,18+,19-,20-,21-;;/m00../s1. The Labute approximate surface area is 394 Å². The van der Waals surface area contributed by atoms with E-state index in [0.717, 1.165) is 24.8 Å². The third-order valence-electron chi connectivity index (χ3n) is 17.4. The van der Waals surface area contributed by atoms with Crippen LogP contribution in [0.3, 0.4) is 0 Å². The van der Waals surface area contributed by atoms with Crippen LogP contribution in [0.25, 0.3) is 0 Å². The van der Waals surface area contributed by atoms with Crippen molar-refractivity contribution in [2.24, 2.45) is 51.2 Å². The zero-order valence-electron chi connectivity index (χ0n) is 37.5. The maximum atomic E-state index is 16.8. The van der Waals surface area contributed by atoms with Crippen LogP contribution in [0, 0.1) is 51.2 Å². The van der Waals surface area contributed by atoms with E-state index in [1.165, 1.54) is 25.3 Å². The van der Waals surface area contributed by atoms with Gasteiger partial charge in [0.25, 0.3) is 0 Å². The van der Waals surface area contributed by atoms with E-state index in [2.05, 4.69) is 11.7 Å². The molecule has 8 aliphatic carbocycles. The molecule has 6 fully saturated rings. The third-order valence-corrected chi connectivity index (χ3v) is 17.4. The molecule has 0 spiro atoms. The number of hydrogen-bond donors (Lipinski definition) is 7. The minimum atomic E-state index is -2.23. The Bertz CT molecular complexity index is 2050. The van der Waals surface area contributed by atoms with Gasteiger partial charge in [0.05, 0.1) is 31.8 Å². The fourth-order valence-corrected chi connectivity index (χ4v) is 14.1. The number of alkyl halides is 1. The molecule has 0 amide bonds. The second-order valence-corrected chi connectivity index (χ2v) is 20.0. The molecule has 6 saturated carbocycles. The zero-order chi connectivity index (χ0) is 46.9. The number of ether oxygens (including phenoxy) is 1. The van der Waals surface area contributed by atoms with Gasteiger partial charge in [-0.3, -0.25) is 24.0 Å². The summed E-state index contributed by atoms with van der Waals surface area (Å²) in [6.07, 6.45) is 9.23. The van der Waals surface area contributed by atoms with E-state index in [1.807, 2.05) is 13.0 Å². The number of carbonyl (C=O) groups is 6. The largest absolute Gasteiger partial charge is 1.00 e. The number of aliphatic carboxylic acids is 1. The Balaban J connectivity index is 0.000000201. The number of carbonyl (C=O) groups excluding carboxylic acids is 6. The molecule has 0 unspecified atom stereocenters. The number of methoxy groups -OCH3 is 1. The number of rotatable bonds is 7. The van der Waals surface area contributed by atoms with Crippen LogP contribution in [0.2, 0.25) is 0 Å². The van der Waals surface area contributed by atoms with Crippen molar-refractivity contribution in [3.8, 4) is 0 Å². The minimum Gasteiger partial charge on any atom is -0.550 e. The molecule has 8 aliphatic rings. The number of carboxylic acids is 1. The van der Waals surface area contributed by atoms with Crippen molar-refractivity contribution in [3.63, 3.8) is 0 Å². The number of aliphatic hydroxyl groups excluding tert-OH is 5. The first kappa shape index (κ1) is 52.2. The van der Waals surface area contributed by atoms with Crippen molar-refractivity contribution in [2.45, 2.75) is 134 Å². The average molecular weight is 909 g/mol. The van der Waals surface area contributed by atoms with E-state index in [-0.39, 0.29) is 90.0 Å². The van der Waals surface area contributed by atoms with Crippen LogP contribution < -0.4 is 34.7 Å². The van der Waals surface area contributed by atoms with E-state index in [4.69, 9.17) is 0 Å². The van der Waals surface area contributed by atoms with Gasteiger partial charge in [0.2, 0.25) is 0 Å². The van der Waals surface area contributed by atoms with Crippen molar-refractivity contribution in [3.05, 3.63) is 47.6 Å². The quantitative estimate of drug-likeness (QED) is 0.106. The van der Waals surface area contributed by atoms with Gasteiger partial charge in [-0.05, 0) is 113 Å². The smallest absolute Gasteiger partial charge is 0.550 e. The molecule has 0 aromatic carbocycles. The van der Waals surface area contributed by atoms with Gasteiger partial charge in [-0.1, -0.05) is 44.1 Å². The summed E-state index contributed by atoms with van der Waals surface area (Å²) in [7, 11) is 1.21. The van der Waals surface area contributed by atoms with Crippen molar-refractivity contribution >= 4 is 35.1 Å². The maximum absolute atomic E-state index is 16.8. The van der Waals surface area contributed by atoms with Crippen LogP contribution in [0.1, 0.15) is 98.3 Å². The van der Waals surface area contributed by atoms with Crippen LogP contribution in [0.15, 0.2) is 47.6 Å². The molecule has 0 aromatic heterocycles. The van der Waals surface area contributed by atoms with Gasteiger partial charge < -0.3 is 50.4 Å². The van der Waals surface area contributed by atoms with Gasteiger partial charge in [0, 0.05) is 39.5 Å². The molecule has 15 atom stereocenters. The maximum Gasteiger partial charge on any atom is 1.00 e. The molecule has 0 saturated heterocycles. The van der Waals surface area contributed by atoms with Gasteiger partial charge in [-0.25, -0.2) is 4.39 Å². The monoisotopic (exact) mass is 908 g/mol. The molecule has 8 rings (SSSR count). The Morgan fingerprint density at radius 1 is 0.781 bits per heavy atom. The number of allylic oxidation sites excluding steroid dienone is 8. The summed E-state index contributed by atoms with van der Waals surface area (Å²) in [6, 6.07) is 0. The Hall–Kier alpha value is -2.77. The molecular formula is C47H62FNaO15. The normalized spacial score (nSPS) is 44.5. The number of fused-ring (bicyclic) bond motifs is 10. The molecule has 0 aromatic rings. The Kier molecular flexibility index (Phi) is 15.0. The topological polar surface area (TPSA) is 276 Å². The van der Waals surface area contributed by atoms with E-state index in [9.17, 15) is 69.6 Å². The summed E-state index contributed by atoms with van der Waals surface area (Å²) in [4.78, 5) is 68.3. The number of aliphatic hydroxyl groups is 7. The first-order chi connectivity index (χ1) is 29.3. The number of halogens is 1. The van der Waals surface area contributed by atoms with Crippen molar-refractivity contribution in [1.82, 2.24) is 0 Å². The predicted octanol–water partition coefficient (Wildman–Crippen LogP) is -2.13. The summed E-state index contributed by atoms with van der Waals surface area (Å²) in [5.74, 6) is -4.37. The second kappa shape index (κ2) is 18.4. The summed E-state index contributed by atoms with van der Waals surface area (Å²) in [6.45, 7) is 5.68. The molecule has 15 nitrogen and oxygen atoms in total. The van der Waals surface area contributed by atoms with Gasteiger partial charge in [0.15, 0.2) is 34.4 Å². The van der Waals surface area contributed by atoms with Crippen LogP contribution in [-0.4, -0.2) is 126 Å². The summed E-state index contributed by atoms with van der Waals surface area (Å²) < 4.78 is 20.9. The molecule has 0 radical (unpaired) electrons. The fourth-order valence-electron chi connectivity index (χ4n) is 14.1. The zero-order valence-corrected chi connectivity index (χ0v) is 39.5. The molecule has 7 N–H and O–H groups in total. The predicted molar refractivity (Wildman–Crippen MR) is 218 cm³/mol. The summed E-state index contributed by atoms with van der Waals surface area (Å²) >= 11 is 0. The van der Waals surface area contributed by atoms with Crippen molar-refractivity contribution in [2.75, 3.05) is 20.3 Å². The van der Waals surface area contributed by atoms with Crippen LogP contribution in [0.5, 0.6) is 0 Å². The first-order valence-electron chi connectivity index (χ1n) is 21.9. The Morgan fingerprint density at radius 3 is 1.97 bits per heavy atom. The SMILES string of the molecule is COC(=O)CCC(=O)[O-].C[C@]12C=CC(=O)C=C1CC[C@@H]1[C@@H]2[C@@H](O)C[C@@]2(C)[C@H]1CC[C@]2(O)C(=O)CO.C[C@]12C=CC(=O)C=C1CC[C@H]1[C@@H]3C[C@@H](O)[C@](O)(C(=O)CO)[C@@]3(C)C[C@H](O)[C@@]12F.[Na+]. The third kappa shape index (κ3) is 7.73. The number of esters is 1. The van der Waals surface area contributed by atoms with Gasteiger partial charge in [-0.15, -0.1) is 0 Å². The number of carboxylic acid groups (broad SMARTS) is 1. The van der Waals surface area contributed by atoms with Crippen LogP contribution >= 0.6 is 0 Å². The fraction of sp³-hybridized carbons (Fsp3) is 0.702. The Morgan fingerprint density at radius 2 is 1.38 bits per heavy atom. The molecular weight excluding hydrogens is 846 g/mol. The number of ketones is 4. The summed E-state index contributed by atoms with van der Waals surface area (Å²) in [5.41, 5.74) is -7.66. The van der Waals surface area contributed by atoms with Gasteiger partial charge in [-0.2, -0.15) is 0 Å². The van der Waals surface area contributed by atoms with E-state index < -0.39 is 100.0 Å². The van der Waals surface area contributed by atoms with E-state index in [0.29, 0.717) is 31.3 Å².